The number of nitrogens with one attached hydrogen (secondary N) is 1. The van der Waals surface area contributed by atoms with Crippen LogP contribution in [0.2, 0.25) is 0 Å². The predicted octanol–water partition coefficient (Wildman–Crippen LogP) is 3.43. The fourth-order valence-electron chi connectivity index (χ4n) is 2.89. The van der Waals surface area contributed by atoms with Crippen LogP contribution in [0.4, 0.5) is 11.4 Å². The second kappa shape index (κ2) is 8.25. The van der Waals surface area contributed by atoms with Crippen molar-refractivity contribution in [2.24, 2.45) is 0 Å². The van der Waals surface area contributed by atoms with Gasteiger partial charge in [-0.05, 0) is 68.3 Å². The van der Waals surface area contributed by atoms with E-state index in [0.717, 1.165) is 23.5 Å². The largest absolute Gasteiger partial charge is 0.618 e. The standard InChI is InChI=1S/C19H23N3O2S/c1-15(25-18-7-3-6-14-22(18)24)19(23)20-16-8-10-17(11-9-16)21-12-4-2-5-13-21/h3,6-11,14-15H,2,4-5,12-13H2,1H3,(H,20,23). The predicted molar refractivity (Wildman–Crippen MR) is 102 cm³/mol. The van der Waals surface area contributed by atoms with Crippen molar-refractivity contribution in [1.82, 2.24) is 0 Å². The van der Waals surface area contributed by atoms with E-state index in [0.29, 0.717) is 5.03 Å². The number of amides is 1. The molecule has 1 aromatic carbocycles. The van der Waals surface area contributed by atoms with Crippen LogP contribution in [-0.2, 0) is 4.79 Å². The molecule has 0 spiro atoms. The highest BCUT2D eigenvalue weighted by molar-refractivity contribution is 8.00. The Morgan fingerprint density at radius 3 is 2.56 bits per heavy atom. The molecule has 2 heterocycles. The molecule has 1 unspecified atom stereocenters. The third-order valence-electron chi connectivity index (χ3n) is 4.31. The zero-order valence-corrected chi connectivity index (χ0v) is 15.2. The summed E-state index contributed by atoms with van der Waals surface area (Å²) in [5.41, 5.74) is 1.98. The Morgan fingerprint density at radius 2 is 1.88 bits per heavy atom. The molecule has 1 fully saturated rings. The van der Waals surface area contributed by atoms with Crippen molar-refractivity contribution in [2.45, 2.75) is 36.5 Å². The summed E-state index contributed by atoms with van der Waals surface area (Å²) in [6.45, 7) is 4.01. The summed E-state index contributed by atoms with van der Waals surface area (Å²) in [6.07, 6.45) is 5.23. The third kappa shape index (κ3) is 4.66. The number of hydrogen-bond acceptors (Lipinski definition) is 4. The first-order chi connectivity index (χ1) is 12.1. The molecule has 1 amide bonds. The molecule has 5 nitrogen and oxygen atoms in total. The molecule has 1 N–H and O–H groups in total. The Labute approximate surface area is 152 Å². The van der Waals surface area contributed by atoms with Crippen LogP contribution in [0.5, 0.6) is 0 Å². The molecule has 1 saturated heterocycles. The zero-order chi connectivity index (χ0) is 17.6. The van der Waals surface area contributed by atoms with E-state index in [2.05, 4.69) is 22.3 Å². The number of carbonyl (C=O) groups excluding carboxylic acids is 1. The minimum Gasteiger partial charge on any atom is -0.618 e. The molecule has 0 saturated carbocycles. The van der Waals surface area contributed by atoms with Gasteiger partial charge in [-0.1, -0.05) is 0 Å². The van der Waals surface area contributed by atoms with E-state index in [1.165, 1.54) is 42.9 Å². The van der Waals surface area contributed by atoms with E-state index in [4.69, 9.17) is 0 Å². The monoisotopic (exact) mass is 357 g/mol. The minimum absolute atomic E-state index is 0.112. The fraction of sp³-hybridized carbons (Fsp3) is 0.368. The van der Waals surface area contributed by atoms with Crippen LogP contribution in [0.3, 0.4) is 0 Å². The molecule has 0 radical (unpaired) electrons. The second-order valence-corrected chi connectivity index (χ2v) is 7.57. The molecule has 0 bridgehead atoms. The van der Waals surface area contributed by atoms with E-state index in [-0.39, 0.29) is 11.2 Å². The van der Waals surface area contributed by atoms with Crippen molar-refractivity contribution in [1.29, 1.82) is 0 Å². The van der Waals surface area contributed by atoms with Crippen LogP contribution in [0.25, 0.3) is 0 Å². The Kier molecular flexibility index (Phi) is 5.81. The summed E-state index contributed by atoms with van der Waals surface area (Å²) in [5.74, 6) is -0.112. The lowest BCUT2D eigenvalue weighted by molar-refractivity contribution is -0.645. The number of hydrogen-bond donors (Lipinski definition) is 1. The minimum atomic E-state index is -0.357. The number of aromatic nitrogens is 1. The van der Waals surface area contributed by atoms with Gasteiger partial charge >= 0.3 is 0 Å². The van der Waals surface area contributed by atoms with Gasteiger partial charge in [-0.3, -0.25) is 4.79 Å². The SMILES string of the molecule is CC(Sc1cccc[n+]1[O-])C(=O)Nc1ccc(N2CCCCC2)cc1. The molecule has 1 atom stereocenters. The Hall–Kier alpha value is -2.21. The Morgan fingerprint density at radius 1 is 1.16 bits per heavy atom. The number of carbonyl (C=O) groups is 1. The first kappa shape index (κ1) is 17.6. The molecule has 1 aliphatic heterocycles. The third-order valence-corrected chi connectivity index (χ3v) is 5.44. The highest BCUT2D eigenvalue weighted by atomic mass is 32.2. The first-order valence-electron chi connectivity index (χ1n) is 8.64. The van der Waals surface area contributed by atoms with Gasteiger partial charge in [-0.2, -0.15) is 4.73 Å². The molecular formula is C19H23N3O2S. The Bertz CT molecular complexity index is 715. The number of nitrogens with zero attached hydrogens (tertiary/aromatic N) is 2. The zero-order valence-electron chi connectivity index (χ0n) is 14.4. The van der Waals surface area contributed by atoms with Crippen LogP contribution < -0.4 is 14.9 Å². The van der Waals surface area contributed by atoms with E-state index in [1.54, 1.807) is 25.1 Å². The highest BCUT2D eigenvalue weighted by Gasteiger charge is 2.19. The Balaban J connectivity index is 1.57. The number of thioether (sulfide) groups is 1. The summed E-state index contributed by atoms with van der Waals surface area (Å²) in [5, 5.41) is 14.8. The van der Waals surface area contributed by atoms with E-state index < -0.39 is 0 Å². The van der Waals surface area contributed by atoms with E-state index in [1.807, 2.05) is 12.1 Å². The number of piperidine rings is 1. The lowest BCUT2D eigenvalue weighted by Crippen LogP contribution is -2.30. The van der Waals surface area contributed by atoms with Crippen LogP contribution >= 0.6 is 11.8 Å². The van der Waals surface area contributed by atoms with Crippen LogP contribution in [0.1, 0.15) is 26.2 Å². The van der Waals surface area contributed by atoms with Crippen molar-refractivity contribution in [3.63, 3.8) is 0 Å². The molecule has 2 aromatic rings. The molecule has 132 valence electrons. The van der Waals surface area contributed by atoms with Crippen LogP contribution in [-0.4, -0.2) is 24.2 Å². The van der Waals surface area contributed by atoms with Crippen molar-refractivity contribution in [3.05, 3.63) is 53.9 Å². The second-order valence-electron chi connectivity index (χ2n) is 6.21. The number of pyridine rings is 1. The van der Waals surface area contributed by atoms with Crippen LogP contribution in [0, 0.1) is 5.21 Å². The number of anilines is 2. The van der Waals surface area contributed by atoms with Gasteiger partial charge in [0.05, 0.1) is 5.25 Å². The number of rotatable bonds is 5. The molecule has 25 heavy (non-hydrogen) atoms. The van der Waals surface area contributed by atoms with E-state index in [9.17, 15) is 10.0 Å². The quantitative estimate of drug-likeness (QED) is 0.506. The maximum Gasteiger partial charge on any atom is 0.252 e. The first-order valence-corrected chi connectivity index (χ1v) is 9.52. The maximum absolute atomic E-state index is 12.4. The van der Waals surface area contributed by atoms with E-state index >= 15 is 0 Å². The van der Waals surface area contributed by atoms with Gasteiger partial charge in [0.2, 0.25) is 5.91 Å². The summed E-state index contributed by atoms with van der Waals surface area (Å²) >= 11 is 1.25. The molecule has 1 aliphatic rings. The van der Waals surface area contributed by atoms with Crippen molar-refractivity contribution in [3.8, 4) is 0 Å². The summed E-state index contributed by atoms with van der Waals surface area (Å²) in [4.78, 5) is 14.7. The van der Waals surface area contributed by atoms with Gasteiger partial charge in [-0.25, -0.2) is 0 Å². The molecule has 6 heteroatoms. The van der Waals surface area contributed by atoms with Gasteiger partial charge in [0.15, 0.2) is 6.20 Å². The summed E-state index contributed by atoms with van der Waals surface area (Å²) in [7, 11) is 0. The van der Waals surface area contributed by atoms with Gasteiger partial charge in [-0.15, -0.1) is 0 Å². The average Bonchev–Trinajstić information content (AvgIpc) is 2.65. The molecule has 3 rings (SSSR count). The van der Waals surface area contributed by atoms with Crippen LogP contribution in [0.15, 0.2) is 53.7 Å². The van der Waals surface area contributed by atoms with Gasteiger partial charge in [0.1, 0.15) is 0 Å². The smallest absolute Gasteiger partial charge is 0.252 e. The van der Waals surface area contributed by atoms with Gasteiger partial charge in [0.25, 0.3) is 5.03 Å². The average molecular weight is 357 g/mol. The molecular weight excluding hydrogens is 334 g/mol. The normalized spacial score (nSPS) is 15.6. The van der Waals surface area contributed by atoms with Crippen molar-refractivity contribution in [2.75, 3.05) is 23.3 Å². The van der Waals surface area contributed by atoms with Crippen molar-refractivity contribution < 1.29 is 9.52 Å². The number of benzene rings is 1. The van der Waals surface area contributed by atoms with Gasteiger partial charge < -0.3 is 15.4 Å². The summed E-state index contributed by atoms with van der Waals surface area (Å²) < 4.78 is 0.780. The topological polar surface area (TPSA) is 59.3 Å². The maximum atomic E-state index is 12.4. The molecule has 1 aromatic heterocycles. The lowest BCUT2D eigenvalue weighted by Gasteiger charge is -2.28. The fourth-order valence-corrected chi connectivity index (χ4v) is 3.74. The van der Waals surface area contributed by atoms with Gasteiger partial charge in [0, 0.05) is 36.6 Å². The van der Waals surface area contributed by atoms with Crippen molar-refractivity contribution >= 4 is 29.0 Å². The summed E-state index contributed by atoms with van der Waals surface area (Å²) in [6, 6.07) is 13.2. The highest BCUT2D eigenvalue weighted by Crippen LogP contribution is 2.24. The lowest BCUT2D eigenvalue weighted by atomic mass is 10.1. The molecule has 0 aliphatic carbocycles.